The van der Waals surface area contributed by atoms with Gasteiger partial charge in [0.1, 0.15) is 0 Å². The number of hydrogen-bond acceptors (Lipinski definition) is 5. The summed E-state index contributed by atoms with van der Waals surface area (Å²) in [5, 5.41) is 13.5. The highest BCUT2D eigenvalue weighted by atomic mass is 79.9. The number of carbonyl (C=O) groups excluding carboxylic acids is 1. The standard InChI is InChI=1S/C29H22BrN5OS/c30-25-15-17-26(18-16-25)35-28(24-9-5-2-6-10-24)33-34-29(35)37-20-27(36)32-31-19-21-11-13-23(14-12-21)22-7-3-1-4-8-22/h1-19H,20H2,(H,32,36)/b31-19-. The van der Waals surface area contributed by atoms with Gasteiger partial charge in [0.15, 0.2) is 11.0 Å². The lowest BCUT2D eigenvalue weighted by Gasteiger charge is -2.10. The van der Waals surface area contributed by atoms with Gasteiger partial charge in [-0.1, -0.05) is 113 Å². The summed E-state index contributed by atoms with van der Waals surface area (Å²) in [6.45, 7) is 0. The van der Waals surface area contributed by atoms with Gasteiger partial charge < -0.3 is 0 Å². The Kier molecular flexibility index (Phi) is 7.88. The molecule has 0 saturated heterocycles. The Balaban J connectivity index is 1.24. The predicted octanol–water partition coefficient (Wildman–Crippen LogP) is 6.61. The summed E-state index contributed by atoms with van der Waals surface area (Å²) >= 11 is 4.79. The van der Waals surface area contributed by atoms with Crippen LogP contribution in [0.3, 0.4) is 0 Å². The quantitative estimate of drug-likeness (QED) is 0.130. The minimum absolute atomic E-state index is 0.147. The summed E-state index contributed by atoms with van der Waals surface area (Å²) in [7, 11) is 0. The maximum absolute atomic E-state index is 12.5. The third kappa shape index (κ3) is 6.22. The summed E-state index contributed by atoms with van der Waals surface area (Å²) in [6, 6.07) is 35.9. The minimum Gasteiger partial charge on any atom is -0.272 e. The van der Waals surface area contributed by atoms with Crippen LogP contribution in [0, 0.1) is 0 Å². The number of benzene rings is 4. The third-order valence-electron chi connectivity index (χ3n) is 5.50. The molecule has 0 spiro atoms. The molecule has 0 aliphatic heterocycles. The zero-order valence-corrected chi connectivity index (χ0v) is 22.1. The van der Waals surface area contributed by atoms with Gasteiger partial charge in [-0.05, 0) is 41.0 Å². The Morgan fingerprint density at radius 1 is 0.811 bits per heavy atom. The molecule has 5 aromatic rings. The normalized spacial score (nSPS) is 11.1. The van der Waals surface area contributed by atoms with E-state index >= 15 is 0 Å². The van der Waals surface area contributed by atoms with Crippen molar-refractivity contribution in [3.05, 3.63) is 119 Å². The number of halogens is 1. The smallest absolute Gasteiger partial charge is 0.250 e. The molecule has 0 saturated carbocycles. The first kappa shape index (κ1) is 24.7. The fraction of sp³-hybridized carbons (Fsp3) is 0.0345. The van der Waals surface area contributed by atoms with E-state index in [0.29, 0.717) is 11.0 Å². The van der Waals surface area contributed by atoms with Gasteiger partial charge in [-0.25, -0.2) is 5.43 Å². The van der Waals surface area contributed by atoms with Crippen molar-refractivity contribution < 1.29 is 4.79 Å². The zero-order valence-electron chi connectivity index (χ0n) is 19.7. The van der Waals surface area contributed by atoms with Crippen LogP contribution in [0.1, 0.15) is 5.56 Å². The van der Waals surface area contributed by atoms with Crippen LogP contribution < -0.4 is 5.43 Å². The SMILES string of the molecule is O=C(CSc1nnc(-c2ccccc2)n1-c1ccc(Br)cc1)N/N=C\c1ccc(-c2ccccc2)cc1. The number of nitrogens with one attached hydrogen (secondary N) is 1. The van der Waals surface area contributed by atoms with E-state index in [0.717, 1.165) is 32.4 Å². The first-order valence-electron chi connectivity index (χ1n) is 11.5. The van der Waals surface area contributed by atoms with E-state index in [1.165, 1.54) is 11.8 Å². The predicted molar refractivity (Wildman–Crippen MR) is 153 cm³/mol. The maximum Gasteiger partial charge on any atom is 0.250 e. The van der Waals surface area contributed by atoms with E-state index in [4.69, 9.17) is 0 Å². The molecule has 182 valence electrons. The van der Waals surface area contributed by atoms with E-state index < -0.39 is 0 Å². The van der Waals surface area contributed by atoms with E-state index in [9.17, 15) is 4.79 Å². The van der Waals surface area contributed by atoms with E-state index in [1.807, 2.05) is 102 Å². The van der Waals surface area contributed by atoms with E-state index in [2.05, 4.69) is 48.8 Å². The Hall–Kier alpha value is -4.01. The summed E-state index contributed by atoms with van der Waals surface area (Å²) in [4.78, 5) is 12.5. The molecule has 1 amide bonds. The minimum atomic E-state index is -0.228. The Bertz CT molecular complexity index is 1500. The maximum atomic E-state index is 12.5. The Morgan fingerprint density at radius 3 is 2.11 bits per heavy atom. The molecule has 5 rings (SSSR count). The Labute approximate surface area is 227 Å². The highest BCUT2D eigenvalue weighted by molar-refractivity contribution is 9.10. The van der Waals surface area contributed by atoms with Crippen molar-refractivity contribution in [3.8, 4) is 28.2 Å². The van der Waals surface area contributed by atoms with E-state index in [-0.39, 0.29) is 11.7 Å². The van der Waals surface area contributed by atoms with Crippen molar-refractivity contribution in [2.75, 3.05) is 5.75 Å². The molecule has 1 aromatic heterocycles. The first-order chi connectivity index (χ1) is 18.2. The zero-order chi connectivity index (χ0) is 25.5. The van der Waals surface area contributed by atoms with Gasteiger partial charge in [0, 0.05) is 15.7 Å². The van der Waals surface area contributed by atoms with Gasteiger partial charge in [0.05, 0.1) is 12.0 Å². The molecule has 0 fully saturated rings. The second-order valence-electron chi connectivity index (χ2n) is 8.05. The lowest BCUT2D eigenvalue weighted by atomic mass is 10.0. The molecule has 0 aliphatic rings. The van der Waals surface area contributed by atoms with Crippen molar-refractivity contribution in [2.45, 2.75) is 5.16 Å². The monoisotopic (exact) mass is 567 g/mol. The van der Waals surface area contributed by atoms with Crippen LogP contribution in [0.4, 0.5) is 0 Å². The van der Waals surface area contributed by atoms with Crippen LogP contribution in [-0.2, 0) is 4.79 Å². The molecule has 0 aliphatic carbocycles. The van der Waals surface area contributed by atoms with Crippen LogP contribution >= 0.6 is 27.7 Å². The van der Waals surface area contributed by atoms with Crippen LogP contribution in [0.15, 0.2) is 124 Å². The molecule has 37 heavy (non-hydrogen) atoms. The van der Waals surface area contributed by atoms with Crippen molar-refractivity contribution in [3.63, 3.8) is 0 Å². The fourth-order valence-corrected chi connectivity index (χ4v) is 4.70. The molecule has 6 nitrogen and oxygen atoms in total. The lowest BCUT2D eigenvalue weighted by Crippen LogP contribution is -2.20. The number of aromatic nitrogens is 3. The van der Waals surface area contributed by atoms with Crippen LogP contribution in [-0.4, -0.2) is 32.6 Å². The number of hydrogen-bond donors (Lipinski definition) is 1. The second kappa shape index (κ2) is 11.8. The number of hydrazone groups is 1. The molecule has 0 unspecified atom stereocenters. The average molecular weight is 569 g/mol. The molecule has 1 heterocycles. The third-order valence-corrected chi connectivity index (χ3v) is 6.96. The van der Waals surface area contributed by atoms with Crippen LogP contribution in [0.25, 0.3) is 28.2 Å². The van der Waals surface area contributed by atoms with E-state index in [1.54, 1.807) is 6.21 Å². The lowest BCUT2D eigenvalue weighted by molar-refractivity contribution is -0.118. The molecule has 1 N–H and O–H groups in total. The fourth-order valence-electron chi connectivity index (χ4n) is 3.69. The first-order valence-corrected chi connectivity index (χ1v) is 13.3. The number of nitrogens with zero attached hydrogens (tertiary/aromatic N) is 4. The summed E-state index contributed by atoms with van der Waals surface area (Å²) in [5.74, 6) is 0.630. The molecule has 4 aromatic carbocycles. The van der Waals surface area contributed by atoms with Crippen molar-refractivity contribution in [1.82, 2.24) is 20.2 Å². The number of amides is 1. The summed E-state index contributed by atoms with van der Waals surface area (Å²) < 4.78 is 2.93. The largest absolute Gasteiger partial charge is 0.272 e. The van der Waals surface area contributed by atoms with Gasteiger partial charge in [-0.15, -0.1) is 10.2 Å². The second-order valence-corrected chi connectivity index (χ2v) is 9.91. The van der Waals surface area contributed by atoms with Gasteiger partial charge in [-0.2, -0.15) is 5.10 Å². The Morgan fingerprint density at radius 2 is 1.43 bits per heavy atom. The molecule has 0 atom stereocenters. The highest BCUT2D eigenvalue weighted by Crippen LogP contribution is 2.28. The summed E-state index contributed by atoms with van der Waals surface area (Å²) in [5.41, 5.74) is 7.63. The van der Waals surface area contributed by atoms with Crippen LogP contribution in [0.5, 0.6) is 0 Å². The van der Waals surface area contributed by atoms with Crippen molar-refractivity contribution >= 4 is 39.8 Å². The van der Waals surface area contributed by atoms with Gasteiger partial charge in [0.2, 0.25) is 0 Å². The van der Waals surface area contributed by atoms with Gasteiger partial charge in [0.25, 0.3) is 5.91 Å². The summed E-state index contributed by atoms with van der Waals surface area (Å²) in [6.07, 6.45) is 1.63. The molecular weight excluding hydrogens is 546 g/mol. The molecule has 0 bridgehead atoms. The topological polar surface area (TPSA) is 72.2 Å². The molecule has 8 heteroatoms. The van der Waals surface area contributed by atoms with Crippen molar-refractivity contribution in [2.24, 2.45) is 5.10 Å². The van der Waals surface area contributed by atoms with Gasteiger partial charge in [-0.3, -0.25) is 9.36 Å². The van der Waals surface area contributed by atoms with Gasteiger partial charge >= 0.3 is 0 Å². The van der Waals surface area contributed by atoms with Crippen molar-refractivity contribution in [1.29, 1.82) is 0 Å². The highest BCUT2D eigenvalue weighted by Gasteiger charge is 2.17. The average Bonchev–Trinajstić information content (AvgIpc) is 3.38. The molecule has 0 radical (unpaired) electrons. The number of carbonyl (C=O) groups is 1. The van der Waals surface area contributed by atoms with Crippen LogP contribution in [0.2, 0.25) is 0 Å². The number of thioether (sulfide) groups is 1. The number of rotatable bonds is 8. The molecular formula is C29H22BrN5OS.